The van der Waals surface area contributed by atoms with Gasteiger partial charge < -0.3 is 19.7 Å². The molecule has 0 aromatic heterocycles. The lowest BCUT2D eigenvalue weighted by Gasteiger charge is -2.31. The Morgan fingerprint density at radius 1 is 1.05 bits per heavy atom. The molecule has 0 bridgehead atoms. The molecule has 1 saturated carbocycles. The van der Waals surface area contributed by atoms with Crippen LogP contribution in [0.2, 0.25) is 5.02 Å². The third-order valence-electron chi connectivity index (χ3n) is 7.18. The minimum atomic E-state index is -3.62. The molecule has 2 amide bonds. The van der Waals surface area contributed by atoms with Crippen LogP contribution >= 0.6 is 11.6 Å². The van der Waals surface area contributed by atoms with Crippen molar-refractivity contribution in [2.45, 2.75) is 70.5 Å². The molecule has 39 heavy (non-hydrogen) atoms. The number of amides is 2. The number of fused-ring (bicyclic) bond motifs is 1. The number of sulfonamides is 1. The number of hydrogen-bond donors (Lipinski definition) is 1. The Bertz CT molecular complexity index is 1260. The monoisotopic (exact) mass is 577 g/mol. The van der Waals surface area contributed by atoms with E-state index in [4.69, 9.17) is 21.1 Å². The van der Waals surface area contributed by atoms with E-state index in [-0.39, 0.29) is 50.6 Å². The van der Waals surface area contributed by atoms with Crippen LogP contribution in [0.15, 0.2) is 42.5 Å². The van der Waals surface area contributed by atoms with Gasteiger partial charge in [-0.25, -0.2) is 8.42 Å². The van der Waals surface area contributed by atoms with Gasteiger partial charge in [0.05, 0.1) is 11.9 Å². The summed E-state index contributed by atoms with van der Waals surface area (Å²) in [6.07, 6.45) is 6.73. The number of hydrogen-bond acceptors (Lipinski definition) is 6. The Balaban J connectivity index is 1.44. The fraction of sp³-hybridized carbons (Fsp3) is 0.500. The van der Waals surface area contributed by atoms with Gasteiger partial charge in [-0.2, -0.15) is 0 Å². The summed E-state index contributed by atoms with van der Waals surface area (Å²) in [5.74, 6) is 0.627. The fourth-order valence-corrected chi connectivity index (χ4v) is 6.07. The third kappa shape index (κ3) is 7.79. The second-order valence-electron chi connectivity index (χ2n) is 10.1. The SMILES string of the molecule is CC(C(=O)NC1CCCCC1)N(Cc1ccc(Cl)cc1)C(=O)CCCN(c1ccc2c(c1)OCO2)S(C)(=O)=O. The Kier molecular flexibility index (Phi) is 9.61. The molecule has 11 heteroatoms. The van der Waals surface area contributed by atoms with Gasteiger partial charge in [-0.15, -0.1) is 0 Å². The van der Waals surface area contributed by atoms with Crippen molar-refractivity contribution in [3.63, 3.8) is 0 Å². The highest BCUT2D eigenvalue weighted by molar-refractivity contribution is 7.92. The molecule has 2 aliphatic rings. The largest absolute Gasteiger partial charge is 0.454 e. The standard InChI is InChI=1S/C28H36ClN3O6S/c1-20(28(34)30-23-7-4-3-5-8-23)31(18-21-10-12-22(29)13-11-21)27(33)9-6-16-32(39(2,35)36)24-14-15-25-26(17-24)38-19-37-25/h10-15,17,20,23H,3-9,16,18-19H2,1-2H3,(H,30,34). The molecule has 4 rings (SSSR count). The van der Waals surface area contributed by atoms with Gasteiger partial charge in [0.1, 0.15) is 6.04 Å². The normalized spacial score (nSPS) is 16.0. The maximum atomic E-state index is 13.5. The highest BCUT2D eigenvalue weighted by Gasteiger charge is 2.29. The zero-order chi connectivity index (χ0) is 28.0. The first kappa shape index (κ1) is 29.0. The minimum absolute atomic E-state index is 0.0746. The Labute approximate surface area is 235 Å². The van der Waals surface area contributed by atoms with Gasteiger partial charge in [0, 0.05) is 36.6 Å². The highest BCUT2D eigenvalue weighted by atomic mass is 35.5. The number of ether oxygens (including phenoxy) is 2. The smallest absolute Gasteiger partial charge is 0.242 e. The van der Waals surface area contributed by atoms with Crippen LogP contribution in [0.4, 0.5) is 5.69 Å². The van der Waals surface area contributed by atoms with Gasteiger partial charge in [-0.05, 0) is 56.0 Å². The number of anilines is 1. The van der Waals surface area contributed by atoms with E-state index < -0.39 is 16.1 Å². The van der Waals surface area contributed by atoms with Crippen LogP contribution < -0.4 is 19.1 Å². The second-order valence-corrected chi connectivity index (χ2v) is 12.5. The van der Waals surface area contributed by atoms with Gasteiger partial charge in [0.15, 0.2) is 11.5 Å². The summed E-state index contributed by atoms with van der Waals surface area (Å²) in [5, 5.41) is 3.71. The van der Waals surface area contributed by atoms with Crippen molar-refractivity contribution >= 4 is 39.1 Å². The van der Waals surface area contributed by atoms with Crippen molar-refractivity contribution in [3.05, 3.63) is 53.1 Å². The first-order valence-electron chi connectivity index (χ1n) is 13.3. The van der Waals surface area contributed by atoms with E-state index >= 15 is 0 Å². The minimum Gasteiger partial charge on any atom is -0.454 e. The molecular formula is C28H36ClN3O6S. The maximum Gasteiger partial charge on any atom is 0.242 e. The van der Waals surface area contributed by atoms with E-state index in [2.05, 4.69) is 5.32 Å². The van der Waals surface area contributed by atoms with E-state index in [1.165, 1.54) is 10.7 Å². The summed E-state index contributed by atoms with van der Waals surface area (Å²) < 4.78 is 37.2. The molecule has 1 aliphatic heterocycles. The van der Waals surface area contributed by atoms with Gasteiger partial charge >= 0.3 is 0 Å². The van der Waals surface area contributed by atoms with Crippen LogP contribution in [0.1, 0.15) is 57.4 Å². The molecule has 1 unspecified atom stereocenters. The molecule has 2 aromatic rings. The van der Waals surface area contributed by atoms with Crippen LogP contribution in [-0.2, 0) is 26.2 Å². The van der Waals surface area contributed by atoms with Crippen LogP contribution in [-0.4, -0.2) is 56.8 Å². The topological polar surface area (TPSA) is 105 Å². The summed E-state index contributed by atoms with van der Waals surface area (Å²) >= 11 is 6.04. The molecule has 212 valence electrons. The zero-order valence-corrected chi connectivity index (χ0v) is 24.0. The predicted octanol–water partition coefficient (Wildman–Crippen LogP) is 4.48. The summed E-state index contributed by atoms with van der Waals surface area (Å²) in [4.78, 5) is 28.2. The molecule has 1 aliphatic carbocycles. The van der Waals surface area contributed by atoms with E-state index in [1.807, 2.05) is 12.1 Å². The van der Waals surface area contributed by atoms with Crippen LogP contribution in [0.25, 0.3) is 0 Å². The number of carbonyl (C=O) groups is 2. The summed E-state index contributed by atoms with van der Waals surface area (Å²) in [5.41, 5.74) is 1.29. The van der Waals surface area contributed by atoms with Crippen molar-refractivity contribution in [1.82, 2.24) is 10.2 Å². The van der Waals surface area contributed by atoms with Gasteiger partial charge in [0.25, 0.3) is 0 Å². The first-order valence-corrected chi connectivity index (χ1v) is 15.6. The molecular weight excluding hydrogens is 542 g/mol. The lowest BCUT2D eigenvalue weighted by molar-refractivity contribution is -0.141. The number of carbonyl (C=O) groups excluding carboxylic acids is 2. The van der Waals surface area contributed by atoms with Gasteiger partial charge in [0.2, 0.25) is 28.6 Å². The van der Waals surface area contributed by atoms with E-state index in [1.54, 1.807) is 42.2 Å². The highest BCUT2D eigenvalue weighted by Crippen LogP contribution is 2.36. The number of rotatable bonds is 11. The number of benzene rings is 2. The molecule has 0 radical (unpaired) electrons. The van der Waals surface area contributed by atoms with Crippen molar-refractivity contribution in [1.29, 1.82) is 0 Å². The molecule has 2 aromatic carbocycles. The van der Waals surface area contributed by atoms with Crippen molar-refractivity contribution < 1.29 is 27.5 Å². The molecule has 1 fully saturated rings. The van der Waals surface area contributed by atoms with Crippen LogP contribution in [0.5, 0.6) is 11.5 Å². The fourth-order valence-electron chi connectivity index (χ4n) is 4.98. The average Bonchev–Trinajstić information content (AvgIpc) is 3.38. The zero-order valence-electron chi connectivity index (χ0n) is 22.4. The molecule has 9 nitrogen and oxygen atoms in total. The lowest BCUT2D eigenvalue weighted by atomic mass is 9.95. The summed E-state index contributed by atoms with van der Waals surface area (Å²) in [6, 6.07) is 11.6. The van der Waals surface area contributed by atoms with Crippen molar-refractivity contribution in [2.24, 2.45) is 0 Å². The first-order chi connectivity index (χ1) is 18.6. The predicted molar refractivity (Wildman–Crippen MR) is 150 cm³/mol. The molecule has 1 heterocycles. The number of halogens is 1. The van der Waals surface area contributed by atoms with E-state index in [9.17, 15) is 18.0 Å². The third-order valence-corrected chi connectivity index (χ3v) is 8.63. The number of nitrogens with zero attached hydrogens (tertiary/aromatic N) is 2. The molecule has 0 saturated heterocycles. The maximum absolute atomic E-state index is 13.5. The second kappa shape index (κ2) is 12.9. The molecule has 1 N–H and O–H groups in total. The van der Waals surface area contributed by atoms with Crippen LogP contribution in [0, 0.1) is 0 Å². The summed E-state index contributed by atoms with van der Waals surface area (Å²) in [7, 11) is -3.62. The van der Waals surface area contributed by atoms with E-state index in [0.717, 1.165) is 37.5 Å². The average molecular weight is 578 g/mol. The quantitative estimate of drug-likeness (QED) is 0.422. The Hall–Kier alpha value is -2.98. The van der Waals surface area contributed by atoms with Crippen molar-refractivity contribution in [3.8, 4) is 11.5 Å². The lowest BCUT2D eigenvalue weighted by Crippen LogP contribution is -2.50. The van der Waals surface area contributed by atoms with Gasteiger partial charge in [-0.3, -0.25) is 13.9 Å². The van der Waals surface area contributed by atoms with E-state index in [0.29, 0.717) is 22.2 Å². The Morgan fingerprint density at radius 2 is 1.74 bits per heavy atom. The number of nitrogens with one attached hydrogen (secondary N) is 1. The Morgan fingerprint density at radius 3 is 2.44 bits per heavy atom. The van der Waals surface area contributed by atoms with Crippen molar-refractivity contribution in [2.75, 3.05) is 23.9 Å². The summed E-state index contributed by atoms with van der Waals surface area (Å²) in [6.45, 7) is 2.17. The molecule has 1 atom stereocenters. The molecule has 0 spiro atoms. The van der Waals surface area contributed by atoms with Crippen LogP contribution in [0.3, 0.4) is 0 Å². The van der Waals surface area contributed by atoms with Gasteiger partial charge in [-0.1, -0.05) is 43.0 Å².